The minimum atomic E-state index is -3.79. The zero-order valence-electron chi connectivity index (χ0n) is 21.7. The lowest BCUT2D eigenvalue weighted by molar-refractivity contribution is 0.0985. The molecule has 0 aliphatic carbocycles. The minimum Gasteiger partial charge on any atom is -0.494 e. The zero-order chi connectivity index (χ0) is 26.6. The van der Waals surface area contributed by atoms with Gasteiger partial charge in [-0.25, -0.2) is 13.4 Å². The number of benzene rings is 3. The van der Waals surface area contributed by atoms with Crippen molar-refractivity contribution in [2.45, 2.75) is 11.8 Å². The molecule has 0 aliphatic rings. The van der Waals surface area contributed by atoms with Crippen LogP contribution in [0, 0.1) is 0 Å². The van der Waals surface area contributed by atoms with Gasteiger partial charge in [0.1, 0.15) is 11.3 Å². The average Bonchev–Trinajstić information content (AvgIpc) is 3.33. The lowest BCUT2D eigenvalue weighted by Crippen LogP contribution is -2.36. The number of para-hydroxylation sites is 2. The molecule has 4 aromatic rings. The van der Waals surface area contributed by atoms with Gasteiger partial charge in [0.25, 0.3) is 15.9 Å². The summed E-state index contributed by atoms with van der Waals surface area (Å²) < 4.78 is 34.4. The summed E-state index contributed by atoms with van der Waals surface area (Å²) in [7, 11) is 1.69. The maximum atomic E-state index is 13.6. The van der Waals surface area contributed by atoms with E-state index in [0.717, 1.165) is 4.70 Å². The number of sulfonamides is 1. The fourth-order valence-electron chi connectivity index (χ4n) is 3.91. The highest BCUT2D eigenvalue weighted by atomic mass is 35.5. The van der Waals surface area contributed by atoms with Gasteiger partial charge < -0.3 is 9.64 Å². The Bertz CT molecular complexity index is 1480. The summed E-state index contributed by atoms with van der Waals surface area (Å²) in [5, 5.41) is 0.560. The molecule has 1 aromatic heterocycles. The zero-order valence-corrected chi connectivity index (χ0v) is 24.1. The molecule has 8 nitrogen and oxygen atoms in total. The van der Waals surface area contributed by atoms with Gasteiger partial charge in [-0.3, -0.25) is 14.0 Å². The Morgan fingerprint density at radius 1 is 0.947 bits per heavy atom. The van der Waals surface area contributed by atoms with Crippen molar-refractivity contribution in [1.82, 2.24) is 9.88 Å². The van der Waals surface area contributed by atoms with Crippen LogP contribution in [0.5, 0.6) is 5.75 Å². The molecule has 4 rings (SSSR count). The lowest BCUT2D eigenvalue weighted by atomic mass is 10.2. The Kier molecular flexibility index (Phi) is 9.72. The Morgan fingerprint density at radius 3 is 2.24 bits per heavy atom. The number of carbonyl (C=O) groups excluding carboxylic acids is 1. The molecule has 202 valence electrons. The fourth-order valence-corrected chi connectivity index (χ4v) is 6.40. The summed E-state index contributed by atoms with van der Waals surface area (Å²) >= 11 is 1.41. The van der Waals surface area contributed by atoms with E-state index in [4.69, 9.17) is 9.72 Å². The first-order valence-electron chi connectivity index (χ1n) is 11.8. The SMILES string of the molecule is CCN(c1ccccc1)S(=O)(=O)c1ccc(C(=O)N(CCN(C)C)c2nc3c(OC)cccc3s2)cc1.Cl. The van der Waals surface area contributed by atoms with Crippen LogP contribution in [0.4, 0.5) is 10.8 Å². The van der Waals surface area contributed by atoms with E-state index in [2.05, 4.69) is 0 Å². The predicted molar refractivity (Wildman–Crippen MR) is 157 cm³/mol. The molecule has 1 amide bonds. The molecular formula is C27H31ClN4O4S2. The first-order chi connectivity index (χ1) is 17.8. The third-order valence-electron chi connectivity index (χ3n) is 5.86. The highest BCUT2D eigenvalue weighted by molar-refractivity contribution is 7.92. The molecule has 0 fully saturated rings. The van der Waals surface area contributed by atoms with Crippen LogP contribution in [0.3, 0.4) is 0 Å². The van der Waals surface area contributed by atoms with Gasteiger partial charge in [-0.15, -0.1) is 12.4 Å². The number of halogens is 1. The van der Waals surface area contributed by atoms with Crippen LogP contribution in [-0.2, 0) is 10.0 Å². The number of fused-ring (bicyclic) bond motifs is 1. The van der Waals surface area contributed by atoms with Crippen LogP contribution < -0.4 is 13.9 Å². The molecule has 0 N–H and O–H groups in total. The third kappa shape index (κ3) is 6.10. The topological polar surface area (TPSA) is 83.1 Å². The summed E-state index contributed by atoms with van der Waals surface area (Å²) in [5.41, 5.74) is 1.67. The van der Waals surface area contributed by atoms with E-state index in [1.165, 1.54) is 27.8 Å². The number of ether oxygens (including phenoxy) is 1. The summed E-state index contributed by atoms with van der Waals surface area (Å²) in [5.74, 6) is 0.396. The van der Waals surface area contributed by atoms with Gasteiger partial charge >= 0.3 is 0 Å². The van der Waals surface area contributed by atoms with Crippen molar-refractivity contribution in [3.63, 3.8) is 0 Å². The first-order valence-corrected chi connectivity index (χ1v) is 14.1. The van der Waals surface area contributed by atoms with Crippen LogP contribution >= 0.6 is 23.7 Å². The second kappa shape index (κ2) is 12.6. The summed E-state index contributed by atoms with van der Waals surface area (Å²) in [6.45, 7) is 3.13. The van der Waals surface area contributed by atoms with E-state index in [-0.39, 0.29) is 29.8 Å². The highest BCUT2D eigenvalue weighted by Gasteiger charge is 2.26. The maximum absolute atomic E-state index is 13.6. The molecule has 1 heterocycles. The Labute approximate surface area is 233 Å². The largest absolute Gasteiger partial charge is 0.494 e. The molecular weight excluding hydrogens is 544 g/mol. The first kappa shape index (κ1) is 29.4. The van der Waals surface area contributed by atoms with Crippen LogP contribution in [0.25, 0.3) is 10.2 Å². The van der Waals surface area contributed by atoms with Crippen LogP contribution in [-0.4, -0.2) is 65.0 Å². The molecule has 0 saturated heterocycles. The molecule has 0 atom stereocenters. The van der Waals surface area contributed by atoms with Crippen molar-refractivity contribution < 1.29 is 17.9 Å². The van der Waals surface area contributed by atoms with Crippen LogP contribution in [0.1, 0.15) is 17.3 Å². The third-order valence-corrected chi connectivity index (χ3v) is 8.82. The second-order valence-electron chi connectivity index (χ2n) is 8.59. The number of amides is 1. The van der Waals surface area contributed by atoms with Gasteiger partial charge in [0.15, 0.2) is 5.13 Å². The Hall–Kier alpha value is -3.18. The number of methoxy groups -OCH3 is 1. The lowest BCUT2D eigenvalue weighted by Gasteiger charge is -2.24. The number of carbonyl (C=O) groups is 1. The number of thiazole rings is 1. The maximum Gasteiger partial charge on any atom is 0.264 e. The minimum absolute atomic E-state index is 0. The smallest absolute Gasteiger partial charge is 0.264 e. The monoisotopic (exact) mass is 574 g/mol. The standard InChI is InChI=1S/C27H30N4O4S2.ClH/c1-5-31(21-10-7-6-8-11-21)37(33,34)22-16-14-20(15-17-22)26(32)30(19-18-29(2)3)27-28-25-23(35-4)12-9-13-24(25)36-27;/h6-17H,5,18-19H2,1-4H3;1H. The molecule has 0 radical (unpaired) electrons. The molecule has 11 heteroatoms. The van der Waals surface area contributed by atoms with E-state index < -0.39 is 10.0 Å². The number of anilines is 2. The molecule has 38 heavy (non-hydrogen) atoms. The number of rotatable bonds is 10. The van der Waals surface area contributed by atoms with Gasteiger partial charge in [0, 0.05) is 25.2 Å². The number of aromatic nitrogens is 1. The van der Waals surface area contributed by atoms with Crippen molar-refractivity contribution in [3.05, 3.63) is 78.4 Å². The highest BCUT2D eigenvalue weighted by Crippen LogP contribution is 2.34. The molecule has 0 saturated carbocycles. The summed E-state index contributed by atoms with van der Waals surface area (Å²) in [6.07, 6.45) is 0. The van der Waals surface area contributed by atoms with Gasteiger partial charge in [-0.1, -0.05) is 35.6 Å². The Balaban J connectivity index is 0.00000400. The van der Waals surface area contributed by atoms with Gasteiger partial charge in [0.2, 0.25) is 0 Å². The number of nitrogens with zero attached hydrogens (tertiary/aromatic N) is 4. The van der Waals surface area contributed by atoms with Crippen molar-refractivity contribution in [1.29, 1.82) is 0 Å². The molecule has 0 bridgehead atoms. The van der Waals surface area contributed by atoms with Crippen molar-refractivity contribution in [2.75, 3.05) is 50.0 Å². The predicted octanol–water partition coefficient (Wildman–Crippen LogP) is 5.15. The second-order valence-corrected chi connectivity index (χ2v) is 11.5. The van der Waals surface area contributed by atoms with Gasteiger partial charge in [0.05, 0.1) is 22.4 Å². The normalized spacial score (nSPS) is 11.3. The van der Waals surface area contributed by atoms with Crippen molar-refractivity contribution in [2.24, 2.45) is 0 Å². The van der Waals surface area contributed by atoms with E-state index in [1.54, 1.807) is 55.3 Å². The number of hydrogen-bond donors (Lipinski definition) is 0. The van der Waals surface area contributed by atoms with E-state index in [0.29, 0.717) is 40.7 Å². The summed E-state index contributed by atoms with van der Waals surface area (Å²) in [6, 6.07) is 20.7. The number of likely N-dealkylation sites (N-methyl/N-ethyl adjacent to an activating group) is 1. The molecule has 0 unspecified atom stereocenters. The van der Waals surface area contributed by atoms with E-state index in [9.17, 15) is 13.2 Å². The molecule has 0 spiro atoms. The summed E-state index contributed by atoms with van der Waals surface area (Å²) in [4.78, 5) is 22.1. The van der Waals surface area contributed by atoms with Gasteiger partial charge in [-0.2, -0.15) is 0 Å². The number of hydrogen-bond acceptors (Lipinski definition) is 7. The average molecular weight is 575 g/mol. The molecule has 0 aliphatic heterocycles. The quantitative estimate of drug-likeness (QED) is 0.260. The van der Waals surface area contributed by atoms with Crippen LogP contribution in [0.15, 0.2) is 77.7 Å². The van der Waals surface area contributed by atoms with E-state index in [1.807, 2.05) is 43.3 Å². The van der Waals surface area contributed by atoms with Crippen molar-refractivity contribution >= 4 is 60.7 Å². The van der Waals surface area contributed by atoms with Crippen molar-refractivity contribution in [3.8, 4) is 5.75 Å². The fraction of sp³-hybridized carbons (Fsp3) is 0.259. The van der Waals surface area contributed by atoms with Crippen LogP contribution in [0.2, 0.25) is 0 Å². The Morgan fingerprint density at radius 2 is 1.63 bits per heavy atom. The van der Waals surface area contributed by atoms with Gasteiger partial charge in [-0.05, 0) is 69.6 Å². The molecule has 3 aromatic carbocycles. The van der Waals surface area contributed by atoms with E-state index >= 15 is 0 Å².